The van der Waals surface area contributed by atoms with E-state index < -0.39 is 0 Å². The summed E-state index contributed by atoms with van der Waals surface area (Å²) in [6.45, 7) is 0. The van der Waals surface area contributed by atoms with Crippen LogP contribution in [0.3, 0.4) is 0 Å². The van der Waals surface area contributed by atoms with Crippen LogP contribution in [-0.4, -0.2) is 0 Å². The number of hydrogen-bond donors (Lipinski definition) is 0. The molecule has 0 saturated heterocycles. The normalized spacial score (nSPS) is 11.4. The summed E-state index contributed by atoms with van der Waals surface area (Å²) in [6, 6.07) is 65.6. The quantitative estimate of drug-likeness (QED) is 0.171. The average Bonchev–Trinajstić information content (AvgIpc) is 3.51. The van der Waals surface area contributed by atoms with Crippen molar-refractivity contribution in [3.63, 3.8) is 0 Å². The molecule has 0 atom stereocenters. The molecule has 1 aromatic heterocycles. The van der Waals surface area contributed by atoms with Crippen LogP contribution in [-0.2, 0) is 0 Å². The van der Waals surface area contributed by atoms with E-state index in [0.29, 0.717) is 0 Å². The number of thiophene rings is 1. The zero-order valence-electron chi connectivity index (χ0n) is 25.6. The number of fused-ring (bicyclic) bond motifs is 6. The molecule has 0 unspecified atom stereocenters. The maximum absolute atomic E-state index is 2.37. The number of hydrogen-bond acceptors (Lipinski definition) is 3. The molecule has 1 heterocycles. The van der Waals surface area contributed by atoms with Gasteiger partial charge in [0.15, 0.2) is 0 Å². The molecule has 0 spiro atoms. The highest BCUT2D eigenvalue weighted by Crippen LogP contribution is 2.42. The molecule has 3 heteroatoms. The zero-order chi connectivity index (χ0) is 31.2. The van der Waals surface area contributed by atoms with E-state index in [-0.39, 0.29) is 0 Å². The minimum atomic E-state index is 1.14. The van der Waals surface area contributed by atoms with Crippen LogP contribution in [0.15, 0.2) is 182 Å². The van der Waals surface area contributed by atoms with E-state index in [4.69, 9.17) is 0 Å². The summed E-state index contributed by atoms with van der Waals surface area (Å²) < 4.78 is 2.62. The van der Waals surface area contributed by atoms with Crippen molar-refractivity contribution in [1.29, 1.82) is 0 Å². The summed E-state index contributed by atoms with van der Waals surface area (Å²) in [5.41, 5.74) is 6.84. The molecule has 0 radical (unpaired) electrons. The highest BCUT2D eigenvalue weighted by atomic mass is 32.1. The zero-order valence-corrected chi connectivity index (χ0v) is 26.4. The first kappa shape index (κ1) is 27.4. The van der Waals surface area contributed by atoms with Gasteiger partial charge in [-0.2, -0.15) is 0 Å². The predicted octanol–water partition coefficient (Wildman–Crippen LogP) is 13.3. The molecule has 0 saturated carbocycles. The van der Waals surface area contributed by atoms with E-state index >= 15 is 0 Å². The Morgan fingerprint density at radius 1 is 0.277 bits per heavy atom. The van der Waals surface area contributed by atoms with Gasteiger partial charge in [0.25, 0.3) is 0 Å². The van der Waals surface area contributed by atoms with Gasteiger partial charge in [0.1, 0.15) is 0 Å². The Balaban J connectivity index is 1.15. The van der Waals surface area contributed by atoms with Gasteiger partial charge in [-0.15, -0.1) is 11.3 Å². The van der Waals surface area contributed by atoms with Crippen LogP contribution in [0.4, 0.5) is 34.1 Å². The van der Waals surface area contributed by atoms with Crippen molar-refractivity contribution in [2.45, 2.75) is 0 Å². The third kappa shape index (κ3) is 4.89. The van der Waals surface area contributed by atoms with Gasteiger partial charge in [0, 0.05) is 54.3 Å². The molecule has 0 aliphatic carbocycles. The van der Waals surface area contributed by atoms with E-state index in [9.17, 15) is 0 Å². The van der Waals surface area contributed by atoms with Crippen LogP contribution in [0.25, 0.3) is 41.7 Å². The van der Waals surface area contributed by atoms with E-state index in [1.165, 1.54) is 41.7 Å². The fraction of sp³-hybridized carbons (Fsp3) is 0. The van der Waals surface area contributed by atoms with Crippen molar-refractivity contribution >= 4 is 87.2 Å². The first-order chi connectivity index (χ1) is 23.3. The molecule has 0 aliphatic rings. The molecule has 9 aromatic rings. The molecule has 2 nitrogen and oxygen atoms in total. The average molecular weight is 619 g/mol. The number of rotatable bonds is 6. The van der Waals surface area contributed by atoms with Crippen molar-refractivity contribution in [3.8, 4) is 0 Å². The number of para-hydroxylation sites is 3. The van der Waals surface area contributed by atoms with E-state index in [2.05, 4.69) is 192 Å². The molecule has 0 bridgehead atoms. The minimum absolute atomic E-state index is 1.14. The van der Waals surface area contributed by atoms with Crippen LogP contribution in [0.2, 0.25) is 0 Å². The van der Waals surface area contributed by atoms with Crippen LogP contribution in [0, 0.1) is 0 Å². The largest absolute Gasteiger partial charge is 0.310 e. The van der Waals surface area contributed by atoms with Gasteiger partial charge in [0.05, 0.1) is 0 Å². The van der Waals surface area contributed by atoms with Gasteiger partial charge in [-0.05, 0) is 100 Å². The highest BCUT2D eigenvalue weighted by molar-refractivity contribution is 7.25. The highest BCUT2D eigenvalue weighted by Gasteiger charge is 2.17. The van der Waals surface area contributed by atoms with E-state index in [1.54, 1.807) is 0 Å². The topological polar surface area (TPSA) is 6.48 Å². The molecule has 0 fully saturated rings. The lowest BCUT2D eigenvalue weighted by Crippen LogP contribution is -2.10. The van der Waals surface area contributed by atoms with Gasteiger partial charge in [-0.3, -0.25) is 0 Å². The Morgan fingerprint density at radius 2 is 0.681 bits per heavy atom. The van der Waals surface area contributed by atoms with Crippen molar-refractivity contribution in [2.75, 3.05) is 9.80 Å². The van der Waals surface area contributed by atoms with Crippen molar-refractivity contribution in [1.82, 2.24) is 0 Å². The smallest absolute Gasteiger partial charge is 0.0476 e. The standard InChI is InChI=1S/C44H30N2S/c1-4-12-33(13-5-1)45(34-14-6-2-7-15-34)36-22-25-39-31(28-36)20-21-32-29-37(23-26-40(32)39)46(35-16-8-3-9-17-35)38-24-27-42-41-18-10-11-19-43(41)47-44(42)30-38/h1-30H. The summed E-state index contributed by atoms with van der Waals surface area (Å²) in [5.74, 6) is 0. The maximum atomic E-state index is 2.37. The molecule has 0 aliphatic heterocycles. The fourth-order valence-corrected chi connectivity index (χ4v) is 7.94. The molecule has 222 valence electrons. The fourth-order valence-electron chi connectivity index (χ4n) is 6.80. The second kappa shape index (κ2) is 11.5. The Bertz CT molecular complexity index is 2480. The lowest BCUT2D eigenvalue weighted by molar-refractivity contribution is 1.29. The molecule has 0 amide bonds. The van der Waals surface area contributed by atoms with Crippen molar-refractivity contribution < 1.29 is 0 Å². The second-order valence-corrected chi connectivity index (χ2v) is 12.9. The van der Waals surface area contributed by atoms with Crippen LogP contribution in [0.1, 0.15) is 0 Å². The SMILES string of the molecule is c1ccc(N(c2ccccc2)c2ccc3c(ccc4cc(N(c5ccccc5)c5ccc6c(c5)sc5ccccc56)ccc43)c2)cc1. The number of nitrogens with zero attached hydrogens (tertiary/aromatic N) is 2. The molecular formula is C44H30N2S. The summed E-state index contributed by atoms with van der Waals surface area (Å²) in [6.07, 6.45) is 0. The van der Waals surface area contributed by atoms with Crippen LogP contribution < -0.4 is 9.80 Å². The molecule has 47 heavy (non-hydrogen) atoms. The third-order valence-corrected chi connectivity index (χ3v) is 10.1. The Kier molecular flexibility index (Phi) is 6.69. The minimum Gasteiger partial charge on any atom is -0.310 e. The lowest BCUT2D eigenvalue weighted by Gasteiger charge is -2.26. The summed E-state index contributed by atoms with van der Waals surface area (Å²) in [5, 5.41) is 7.56. The van der Waals surface area contributed by atoms with Crippen molar-refractivity contribution in [2.24, 2.45) is 0 Å². The Hall–Kier alpha value is -5.90. The van der Waals surface area contributed by atoms with Crippen LogP contribution in [0.5, 0.6) is 0 Å². The molecular weight excluding hydrogens is 589 g/mol. The summed E-state index contributed by atoms with van der Waals surface area (Å²) in [7, 11) is 0. The number of benzene rings is 8. The Labute approximate surface area is 278 Å². The van der Waals surface area contributed by atoms with E-state index in [0.717, 1.165) is 34.1 Å². The Morgan fingerprint density at radius 3 is 1.21 bits per heavy atom. The van der Waals surface area contributed by atoms with Crippen molar-refractivity contribution in [3.05, 3.63) is 182 Å². The first-order valence-corrected chi connectivity index (χ1v) is 16.8. The second-order valence-electron chi connectivity index (χ2n) is 11.8. The van der Waals surface area contributed by atoms with Gasteiger partial charge >= 0.3 is 0 Å². The number of anilines is 6. The predicted molar refractivity (Wildman–Crippen MR) is 204 cm³/mol. The molecule has 9 rings (SSSR count). The van der Waals surface area contributed by atoms with Gasteiger partial charge in [-0.25, -0.2) is 0 Å². The van der Waals surface area contributed by atoms with Crippen LogP contribution >= 0.6 is 11.3 Å². The summed E-state index contributed by atoms with van der Waals surface area (Å²) >= 11 is 1.86. The third-order valence-electron chi connectivity index (χ3n) is 8.98. The summed E-state index contributed by atoms with van der Waals surface area (Å²) in [4.78, 5) is 4.69. The van der Waals surface area contributed by atoms with Gasteiger partial charge in [-0.1, -0.05) is 103 Å². The first-order valence-electron chi connectivity index (χ1n) is 15.9. The molecule has 8 aromatic carbocycles. The monoisotopic (exact) mass is 618 g/mol. The lowest BCUT2D eigenvalue weighted by atomic mass is 10.00. The van der Waals surface area contributed by atoms with Gasteiger partial charge < -0.3 is 9.80 Å². The van der Waals surface area contributed by atoms with E-state index in [1.807, 2.05) is 11.3 Å². The van der Waals surface area contributed by atoms with Gasteiger partial charge in [0.2, 0.25) is 0 Å². The molecule has 0 N–H and O–H groups in total. The maximum Gasteiger partial charge on any atom is 0.0476 e.